The van der Waals surface area contributed by atoms with Gasteiger partial charge in [0.15, 0.2) is 5.69 Å². The Labute approximate surface area is 123 Å². The predicted molar refractivity (Wildman–Crippen MR) is 75.8 cm³/mol. The van der Waals surface area contributed by atoms with E-state index in [1.807, 2.05) is 0 Å². The third-order valence-electron chi connectivity index (χ3n) is 4.23. The Morgan fingerprint density at radius 2 is 2.05 bits per heavy atom. The molecule has 21 heavy (non-hydrogen) atoms. The van der Waals surface area contributed by atoms with E-state index in [2.05, 4.69) is 24.2 Å². The van der Waals surface area contributed by atoms with Crippen LogP contribution in [0.3, 0.4) is 0 Å². The summed E-state index contributed by atoms with van der Waals surface area (Å²) in [7, 11) is 1.78. The van der Waals surface area contributed by atoms with Crippen LogP contribution in [0.2, 0.25) is 0 Å². The first-order chi connectivity index (χ1) is 9.78. The maximum absolute atomic E-state index is 12.4. The van der Waals surface area contributed by atoms with Crippen LogP contribution in [-0.4, -0.2) is 50.0 Å². The highest BCUT2D eigenvalue weighted by atomic mass is 16.4. The maximum Gasteiger partial charge on any atom is 0.325 e. The molecule has 0 radical (unpaired) electrons. The van der Waals surface area contributed by atoms with Gasteiger partial charge in [-0.1, -0.05) is 19.1 Å². The zero-order valence-electron chi connectivity index (χ0n) is 12.7. The van der Waals surface area contributed by atoms with Crippen LogP contribution in [0.25, 0.3) is 0 Å². The highest BCUT2D eigenvalue weighted by Crippen LogP contribution is 2.36. The largest absolute Gasteiger partial charge is 0.480 e. The van der Waals surface area contributed by atoms with E-state index in [1.165, 1.54) is 6.20 Å². The number of hydrogen-bond acceptors (Lipinski definition) is 4. The fourth-order valence-electron chi connectivity index (χ4n) is 2.73. The summed E-state index contributed by atoms with van der Waals surface area (Å²) in [5, 5.41) is 16.1. The highest BCUT2D eigenvalue weighted by Gasteiger charge is 2.31. The smallest absolute Gasteiger partial charge is 0.325 e. The molecule has 1 aliphatic rings. The zero-order valence-corrected chi connectivity index (χ0v) is 12.7. The summed E-state index contributed by atoms with van der Waals surface area (Å²) in [6.45, 7) is 4.21. The minimum Gasteiger partial charge on any atom is -0.480 e. The second-order valence-electron chi connectivity index (χ2n) is 6.51. The van der Waals surface area contributed by atoms with E-state index < -0.39 is 5.97 Å². The van der Waals surface area contributed by atoms with Gasteiger partial charge >= 0.3 is 5.97 Å². The van der Waals surface area contributed by atoms with Crippen LogP contribution in [-0.2, 0) is 11.3 Å². The standard InChI is InChI=1S/C14H22N4O3/c1-14(2)6-4-10(5-7-14)17(3)13(21)11-8-18(16-15-11)9-12(19)20/h8,10H,4-7,9H2,1-3H3,(H,19,20). The molecule has 0 atom stereocenters. The molecule has 1 N–H and O–H groups in total. The quantitative estimate of drug-likeness (QED) is 0.907. The van der Waals surface area contributed by atoms with Crippen LogP contribution >= 0.6 is 0 Å². The summed E-state index contributed by atoms with van der Waals surface area (Å²) in [5.74, 6) is -1.21. The normalized spacial score (nSPS) is 18.4. The molecular weight excluding hydrogens is 272 g/mol. The Kier molecular flexibility index (Phi) is 4.29. The van der Waals surface area contributed by atoms with Crippen LogP contribution in [0.5, 0.6) is 0 Å². The predicted octanol–water partition coefficient (Wildman–Crippen LogP) is 1.40. The van der Waals surface area contributed by atoms with Crippen molar-refractivity contribution in [1.82, 2.24) is 19.9 Å². The van der Waals surface area contributed by atoms with E-state index in [-0.39, 0.29) is 24.2 Å². The van der Waals surface area contributed by atoms with Crippen molar-refractivity contribution >= 4 is 11.9 Å². The van der Waals surface area contributed by atoms with Crippen molar-refractivity contribution in [3.05, 3.63) is 11.9 Å². The molecule has 1 aromatic heterocycles. The van der Waals surface area contributed by atoms with Gasteiger partial charge in [0.1, 0.15) is 6.54 Å². The minimum absolute atomic E-state index is 0.198. The number of aliphatic carboxylic acids is 1. The second kappa shape index (κ2) is 5.83. The molecule has 1 fully saturated rings. The summed E-state index contributed by atoms with van der Waals surface area (Å²) in [6.07, 6.45) is 5.55. The van der Waals surface area contributed by atoms with Gasteiger partial charge in [0.2, 0.25) is 0 Å². The number of nitrogens with zero attached hydrogens (tertiary/aromatic N) is 4. The van der Waals surface area contributed by atoms with Crippen molar-refractivity contribution in [2.24, 2.45) is 5.41 Å². The SMILES string of the molecule is CN(C(=O)c1cn(CC(=O)O)nn1)C1CCC(C)(C)CC1. The number of carbonyl (C=O) groups excluding carboxylic acids is 1. The molecule has 1 heterocycles. The maximum atomic E-state index is 12.4. The molecule has 7 nitrogen and oxygen atoms in total. The Balaban J connectivity index is 1.99. The highest BCUT2D eigenvalue weighted by molar-refractivity contribution is 5.92. The van der Waals surface area contributed by atoms with E-state index in [0.717, 1.165) is 30.4 Å². The Morgan fingerprint density at radius 1 is 1.43 bits per heavy atom. The van der Waals surface area contributed by atoms with Gasteiger partial charge in [-0.25, -0.2) is 4.68 Å². The summed E-state index contributed by atoms with van der Waals surface area (Å²) in [4.78, 5) is 24.7. The molecule has 1 aliphatic carbocycles. The van der Waals surface area contributed by atoms with Gasteiger partial charge in [0, 0.05) is 13.1 Å². The molecule has 0 bridgehead atoms. The topological polar surface area (TPSA) is 88.3 Å². The molecule has 0 aliphatic heterocycles. The Morgan fingerprint density at radius 3 is 2.62 bits per heavy atom. The second-order valence-corrected chi connectivity index (χ2v) is 6.51. The summed E-state index contributed by atoms with van der Waals surface area (Å²) >= 11 is 0. The zero-order chi connectivity index (χ0) is 15.6. The number of aromatic nitrogens is 3. The van der Waals surface area contributed by atoms with E-state index >= 15 is 0 Å². The van der Waals surface area contributed by atoms with Gasteiger partial charge in [0.05, 0.1) is 6.20 Å². The van der Waals surface area contributed by atoms with Crippen molar-refractivity contribution in [3.8, 4) is 0 Å². The van der Waals surface area contributed by atoms with Crippen LogP contribution in [0.1, 0.15) is 50.0 Å². The van der Waals surface area contributed by atoms with Gasteiger partial charge in [-0.2, -0.15) is 0 Å². The first-order valence-corrected chi connectivity index (χ1v) is 7.17. The lowest BCUT2D eigenvalue weighted by atomic mass is 9.75. The average molecular weight is 294 g/mol. The Bertz CT molecular complexity index is 528. The number of carboxylic acid groups (broad SMARTS) is 1. The minimum atomic E-state index is -1.01. The fraction of sp³-hybridized carbons (Fsp3) is 0.714. The molecule has 1 amide bonds. The van der Waals surface area contributed by atoms with Gasteiger partial charge in [-0.05, 0) is 31.1 Å². The van der Waals surface area contributed by atoms with Gasteiger partial charge in [0.25, 0.3) is 5.91 Å². The molecule has 0 aromatic carbocycles. The van der Waals surface area contributed by atoms with Crippen molar-refractivity contribution in [2.75, 3.05) is 7.05 Å². The summed E-state index contributed by atoms with van der Waals surface area (Å²) < 4.78 is 1.16. The molecule has 1 aromatic rings. The van der Waals surface area contributed by atoms with Gasteiger partial charge in [-0.15, -0.1) is 5.10 Å². The van der Waals surface area contributed by atoms with E-state index in [4.69, 9.17) is 5.11 Å². The van der Waals surface area contributed by atoms with E-state index in [1.54, 1.807) is 11.9 Å². The lowest BCUT2D eigenvalue weighted by molar-refractivity contribution is -0.137. The molecule has 7 heteroatoms. The molecule has 2 rings (SSSR count). The molecule has 116 valence electrons. The number of amides is 1. The average Bonchev–Trinajstić information content (AvgIpc) is 2.84. The van der Waals surface area contributed by atoms with Crippen molar-refractivity contribution in [1.29, 1.82) is 0 Å². The molecule has 0 unspecified atom stereocenters. The van der Waals surface area contributed by atoms with Crippen LogP contribution in [0, 0.1) is 5.41 Å². The molecular formula is C14H22N4O3. The van der Waals surface area contributed by atoms with Crippen molar-refractivity contribution < 1.29 is 14.7 Å². The lowest BCUT2D eigenvalue weighted by Crippen LogP contribution is -2.41. The third-order valence-corrected chi connectivity index (χ3v) is 4.23. The van der Waals surface area contributed by atoms with Crippen LogP contribution in [0.4, 0.5) is 0 Å². The van der Waals surface area contributed by atoms with Crippen molar-refractivity contribution in [2.45, 2.75) is 52.1 Å². The number of carbonyl (C=O) groups is 2. The first kappa shape index (κ1) is 15.5. The lowest BCUT2D eigenvalue weighted by Gasteiger charge is -2.38. The van der Waals surface area contributed by atoms with Crippen LogP contribution < -0.4 is 0 Å². The fourth-order valence-corrected chi connectivity index (χ4v) is 2.73. The first-order valence-electron chi connectivity index (χ1n) is 7.17. The Hall–Kier alpha value is -1.92. The van der Waals surface area contributed by atoms with E-state index in [0.29, 0.717) is 5.41 Å². The number of hydrogen-bond donors (Lipinski definition) is 1. The third kappa shape index (κ3) is 3.80. The molecule has 0 saturated heterocycles. The van der Waals surface area contributed by atoms with Gasteiger partial charge < -0.3 is 10.0 Å². The summed E-state index contributed by atoms with van der Waals surface area (Å²) in [5.41, 5.74) is 0.550. The molecule has 1 saturated carbocycles. The number of carboxylic acids is 1. The van der Waals surface area contributed by atoms with Crippen molar-refractivity contribution in [3.63, 3.8) is 0 Å². The molecule has 0 spiro atoms. The summed E-state index contributed by atoms with van der Waals surface area (Å²) in [6, 6.07) is 0.218. The monoisotopic (exact) mass is 294 g/mol. The number of rotatable bonds is 4. The van der Waals surface area contributed by atoms with Gasteiger partial charge in [-0.3, -0.25) is 9.59 Å². The van der Waals surface area contributed by atoms with Crippen LogP contribution in [0.15, 0.2) is 6.20 Å². The van der Waals surface area contributed by atoms with E-state index in [9.17, 15) is 9.59 Å².